The van der Waals surface area contributed by atoms with E-state index in [0.717, 1.165) is 29.1 Å². The molecule has 0 radical (unpaired) electrons. The lowest BCUT2D eigenvalue weighted by molar-refractivity contribution is -0.125. The van der Waals surface area contributed by atoms with Crippen LogP contribution < -0.4 is 0 Å². The van der Waals surface area contributed by atoms with Crippen LogP contribution in [0.2, 0.25) is 0 Å². The Morgan fingerprint density at radius 3 is 2.61 bits per heavy atom. The van der Waals surface area contributed by atoms with Gasteiger partial charge >= 0.3 is 0 Å². The molecule has 0 saturated heterocycles. The zero-order valence-corrected chi connectivity index (χ0v) is 13.8. The fraction of sp³-hybridized carbons (Fsp3) is 0.421. The van der Waals surface area contributed by atoms with Crippen molar-refractivity contribution in [1.29, 1.82) is 0 Å². The molecule has 2 aromatic rings. The highest BCUT2D eigenvalue weighted by Crippen LogP contribution is 2.51. The Bertz CT molecular complexity index is 803. The van der Waals surface area contributed by atoms with Crippen molar-refractivity contribution in [2.24, 2.45) is 16.3 Å². The zero-order chi connectivity index (χ0) is 16.2. The predicted octanol–water partition coefficient (Wildman–Crippen LogP) is 3.81. The van der Waals surface area contributed by atoms with Crippen LogP contribution in [0.15, 0.2) is 41.5 Å². The third-order valence-electron chi connectivity index (χ3n) is 5.35. The number of aliphatic imine (C=N–C) groups is 1. The first kappa shape index (κ1) is 14.4. The summed E-state index contributed by atoms with van der Waals surface area (Å²) >= 11 is 0. The first-order chi connectivity index (χ1) is 10.9. The summed E-state index contributed by atoms with van der Waals surface area (Å²) in [5, 5.41) is 7.21. The fourth-order valence-electron chi connectivity index (χ4n) is 4.32. The SMILES string of the molecule is CC1(C)CC(=O)C2C(=Nc3[nH]ncc3C2(C)c2ccccc2)C1. The summed E-state index contributed by atoms with van der Waals surface area (Å²) in [5.74, 6) is 0.898. The van der Waals surface area contributed by atoms with Crippen LogP contribution in [-0.4, -0.2) is 21.7 Å². The van der Waals surface area contributed by atoms with Crippen molar-refractivity contribution in [2.45, 2.75) is 39.0 Å². The van der Waals surface area contributed by atoms with E-state index in [-0.39, 0.29) is 11.3 Å². The number of H-pyrrole nitrogens is 1. The van der Waals surface area contributed by atoms with Gasteiger partial charge in [-0.3, -0.25) is 9.89 Å². The summed E-state index contributed by atoms with van der Waals surface area (Å²) in [4.78, 5) is 17.8. The normalized spacial score (nSPS) is 28.7. The number of hydrogen-bond donors (Lipinski definition) is 1. The molecular formula is C19H21N3O. The Balaban J connectivity index is 1.96. The molecule has 1 aliphatic heterocycles. The number of fused-ring (bicyclic) bond motifs is 2. The summed E-state index contributed by atoms with van der Waals surface area (Å²) in [7, 11) is 0. The molecule has 0 amide bonds. The third-order valence-corrected chi connectivity index (χ3v) is 5.35. The smallest absolute Gasteiger partial charge is 0.151 e. The monoisotopic (exact) mass is 307 g/mol. The van der Waals surface area contributed by atoms with E-state index in [2.05, 4.69) is 43.1 Å². The molecular weight excluding hydrogens is 286 g/mol. The largest absolute Gasteiger partial charge is 0.299 e. The van der Waals surface area contributed by atoms with Gasteiger partial charge in [-0.05, 0) is 17.4 Å². The van der Waals surface area contributed by atoms with Gasteiger partial charge in [0, 0.05) is 23.1 Å². The molecule has 1 saturated carbocycles. The van der Waals surface area contributed by atoms with Crippen LogP contribution in [-0.2, 0) is 10.2 Å². The van der Waals surface area contributed by atoms with Crippen LogP contribution in [0.4, 0.5) is 5.82 Å². The quantitative estimate of drug-likeness (QED) is 0.871. The highest BCUT2D eigenvalue weighted by molar-refractivity contribution is 6.11. The van der Waals surface area contributed by atoms with Crippen molar-refractivity contribution in [2.75, 3.05) is 0 Å². The van der Waals surface area contributed by atoms with Gasteiger partial charge in [-0.2, -0.15) is 5.10 Å². The lowest BCUT2D eigenvalue weighted by Gasteiger charge is -2.45. The molecule has 0 bridgehead atoms. The van der Waals surface area contributed by atoms with Gasteiger partial charge in [0.05, 0.1) is 12.1 Å². The molecule has 1 aromatic heterocycles. The van der Waals surface area contributed by atoms with Crippen LogP contribution in [0.1, 0.15) is 44.7 Å². The predicted molar refractivity (Wildman–Crippen MR) is 90.1 cm³/mol. The molecule has 4 heteroatoms. The number of Topliss-reactive ketones (excluding diaryl/α,β-unsaturated/α-hetero) is 1. The van der Waals surface area contributed by atoms with E-state index in [1.165, 1.54) is 0 Å². The van der Waals surface area contributed by atoms with Gasteiger partial charge in [0.1, 0.15) is 5.78 Å². The zero-order valence-electron chi connectivity index (χ0n) is 13.8. The minimum absolute atomic E-state index is 0.0263. The number of benzene rings is 1. The molecule has 4 rings (SSSR count). The van der Waals surface area contributed by atoms with Crippen LogP contribution in [0.25, 0.3) is 0 Å². The highest BCUT2D eigenvalue weighted by atomic mass is 16.1. The minimum Gasteiger partial charge on any atom is -0.299 e. The maximum absolute atomic E-state index is 13.1. The Labute approximate surface area is 136 Å². The van der Waals surface area contributed by atoms with E-state index in [4.69, 9.17) is 4.99 Å². The summed E-state index contributed by atoms with van der Waals surface area (Å²) < 4.78 is 0. The number of rotatable bonds is 1. The van der Waals surface area contributed by atoms with E-state index in [0.29, 0.717) is 12.2 Å². The summed E-state index contributed by atoms with van der Waals surface area (Å²) in [6.45, 7) is 6.45. The molecule has 23 heavy (non-hydrogen) atoms. The number of hydrogen-bond acceptors (Lipinski definition) is 3. The molecule has 1 aromatic carbocycles. The second kappa shape index (κ2) is 4.63. The number of aromatic nitrogens is 2. The van der Waals surface area contributed by atoms with Crippen molar-refractivity contribution in [3.05, 3.63) is 47.7 Å². The molecule has 2 heterocycles. The van der Waals surface area contributed by atoms with Crippen molar-refractivity contribution in [3.63, 3.8) is 0 Å². The summed E-state index contributed by atoms with van der Waals surface area (Å²) in [6, 6.07) is 10.3. The van der Waals surface area contributed by atoms with Gasteiger partial charge in [0.15, 0.2) is 5.82 Å². The molecule has 2 atom stereocenters. The molecule has 118 valence electrons. The van der Waals surface area contributed by atoms with E-state index in [1.54, 1.807) is 0 Å². The lowest BCUT2D eigenvalue weighted by Crippen LogP contribution is -2.50. The molecule has 1 fully saturated rings. The number of nitrogens with one attached hydrogen (secondary N) is 1. The second-order valence-corrected chi connectivity index (χ2v) is 7.72. The minimum atomic E-state index is -0.408. The van der Waals surface area contributed by atoms with Crippen LogP contribution in [0.5, 0.6) is 0 Å². The Morgan fingerprint density at radius 2 is 1.87 bits per heavy atom. The average Bonchev–Trinajstić information content (AvgIpc) is 2.95. The number of ketones is 1. The lowest BCUT2D eigenvalue weighted by atomic mass is 9.57. The number of aromatic amines is 1. The van der Waals surface area contributed by atoms with Crippen molar-refractivity contribution in [1.82, 2.24) is 10.2 Å². The van der Waals surface area contributed by atoms with Crippen LogP contribution >= 0.6 is 0 Å². The molecule has 1 aliphatic carbocycles. The first-order valence-electron chi connectivity index (χ1n) is 8.11. The summed E-state index contributed by atoms with van der Waals surface area (Å²) in [5.41, 5.74) is 2.73. The Hall–Kier alpha value is -2.23. The van der Waals surface area contributed by atoms with E-state index >= 15 is 0 Å². The highest BCUT2D eigenvalue weighted by Gasteiger charge is 2.52. The van der Waals surface area contributed by atoms with Crippen LogP contribution in [0, 0.1) is 11.3 Å². The van der Waals surface area contributed by atoms with E-state index in [1.807, 2.05) is 24.4 Å². The molecule has 4 nitrogen and oxygen atoms in total. The third kappa shape index (κ3) is 2.01. The number of carbonyl (C=O) groups excluding carboxylic acids is 1. The first-order valence-corrected chi connectivity index (χ1v) is 8.11. The van der Waals surface area contributed by atoms with Crippen molar-refractivity contribution in [3.8, 4) is 0 Å². The molecule has 0 spiro atoms. The fourth-order valence-corrected chi connectivity index (χ4v) is 4.32. The average molecular weight is 307 g/mol. The number of carbonyl (C=O) groups is 1. The van der Waals surface area contributed by atoms with Gasteiger partial charge in [-0.15, -0.1) is 0 Å². The van der Waals surface area contributed by atoms with E-state index in [9.17, 15) is 4.79 Å². The van der Waals surface area contributed by atoms with E-state index < -0.39 is 5.41 Å². The van der Waals surface area contributed by atoms with Gasteiger partial charge < -0.3 is 0 Å². The Kier molecular flexibility index (Phi) is 2.89. The second-order valence-electron chi connectivity index (χ2n) is 7.72. The van der Waals surface area contributed by atoms with Gasteiger partial charge in [0.25, 0.3) is 0 Å². The van der Waals surface area contributed by atoms with Gasteiger partial charge in [-0.25, -0.2) is 4.99 Å². The van der Waals surface area contributed by atoms with Crippen LogP contribution in [0.3, 0.4) is 0 Å². The maximum Gasteiger partial charge on any atom is 0.151 e. The molecule has 2 unspecified atom stereocenters. The standard InChI is InChI=1S/C19H21N3O/c1-18(2)9-14-16(15(23)10-18)19(3,12-7-5-4-6-8-12)13-11-20-22-17(13)21-14/h4-8,11,16H,9-10H2,1-3H3,(H,20,22). The number of nitrogens with zero attached hydrogens (tertiary/aromatic N) is 2. The molecule has 1 N–H and O–H groups in total. The molecule has 2 aliphatic rings. The maximum atomic E-state index is 13.1. The summed E-state index contributed by atoms with van der Waals surface area (Å²) in [6.07, 6.45) is 3.28. The van der Waals surface area contributed by atoms with Gasteiger partial charge in [0.2, 0.25) is 0 Å². The van der Waals surface area contributed by atoms with Gasteiger partial charge in [-0.1, -0.05) is 51.1 Å². The van der Waals surface area contributed by atoms with Crippen molar-refractivity contribution >= 4 is 17.3 Å². The van der Waals surface area contributed by atoms with Crippen molar-refractivity contribution < 1.29 is 4.79 Å². The topological polar surface area (TPSA) is 58.1 Å². The Morgan fingerprint density at radius 1 is 1.13 bits per heavy atom.